The molecule has 0 radical (unpaired) electrons. The first-order chi connectivity index (χ1) is 18.8. The van der Waals surface area contributed by atoms with Gasteiger partial charge < -0.3 is 14.2 Å². The minimum absolute atomic E-state index is 0.217. The smallest absolute Gasteiger partial charge is 0.388 e. The van der Waals surface area contributed by atoms with Crippen molar-refractivity contribution in [2.45, 2.75) is 66.2 Å². The van der Waals surface area contributed by atoms with E-state index in [9.17, 15) is 13.6 Å². The van der Waals surface area contributed by atoms with Crippen molar-refractivity contribution in [3.05, 3.63) is 70.4 Å². The molecule has 40 heavy (non-hydrogen) atoms. The molecule has 2 aromatic heterocycles. The molecule has 0 saturated heterocycles. The summed E-state index contributed by atoms with van der Waals surface area (Å²) in [4.78, 5) is 16.6. The molecule has 0 aliphatic rings. The van der Waals surface area contributed by atoms with Crippen molar-refractivity contribution in [2.75, 3.05) is 6.61 Å². The standard InChI is InChI=1S/C30H32ClF2N3O4/c1-17(2)36-14-13-23(35-36)20-9-7-19(8-10-20)15-21-18(3)26-24(38-16-25(37)40-30(4,5)6)12-11-22(31)27(26)34-28(21)39-29(32)33/h7-14,17,29H,15-16H2,1-6H3. The molecular weight excluding hydrogens is 540 g/mol. The van der Waals surface area contributed by atoms with Gasteiger partial charge in [0, 0.05) is 35.2 Å². The zero-order valence-electron chi connectivity index (χ0n) is 23.3. The van der Waals surface area contributed by atoms with Gasteiger partial charge in [-0.15, -0.1) is 0 Å². The molecule has 7 nitrogen and oxygen atoms in total. The van der Waals surface area contributed by atoms with Crippen molar-refractivity contribution in [3.8, 4) is 22.9 Å². The van der Waals surface area contributed by atoms with Gasteiger partial charge in [0.05, 0.1) is 16.2 Å². The van der Waals surface area contributed by atoms with Gasteiger partial charge in [-0.05, 0) is 70.9 Å². The predicted molar refractivity (Wildman–Crippen MR) is 150 cm³/mol. The van der Waals surface area contributed by atoms with Crippen LogP contribution in [0.2, 0.25) is 5.02 Å². The third kappa shape index (κ3) is 6.88. The highest BCUT2D eigenvalue weighted by Crippen LogP contribution is 2.39. The topological polar surface area (TPSA) is 75.5 Å². The number of halogens is 3. The first kappa shape index (κ1) is 29.3. The van der Waals surface area contributed by atoms with Gasteiger partial charge in [0.1, 0.15) is 11.4 Å². The quantitative estimate of drug-likeness (QED) is 0.193. The van der Waals surface area contributed by atoms with E-state index in [2.05, 4.69) is 23.9 Å². The number of esters is 1. The van der Waals surface area contributed by atoms with Gasteiger partial charge in [-0.25, -0.2) is 9.78 Å². The minimum atomic E-state index is -3.08. The predicted octanol–water partition coefficient (Wildman–Crippen LogP) is 7.55. The number of nitrogens with zero attached hydrogens (tertiary/aromatic N) is 3. The normalized spacial score (nSPS) is 11.9. The van der Waals surface area contributed by atoms with Crippen molar-refractivity contribution < 1.29 is 27.8 Å². The Morgan fingerprint density at radius 1 is 1.07 bits per heavy atom. The summed E-state index contributed by atoms with van der Waals surface area (Å²) >= 11 is 6.41. The van der Waals surface area contributed by atoms with Crippen LogP contribution >= 0.6 is 11.6 Å². The molecule has 0 atom stereocenters. The molecule has 0 N–H and O–H groups in total. The number of ether oxygens (including phenoxy) is 3. The number of aryl methyl sites for hydroxylation is 1. The number of carbonyl (C=O) groups excluding carboxylic acids is 1. The Morgan fingerprint density at radius 3 is 2.38 bits per heavy atom. The first-order valence-electron chi connectivity index (χ1n) is 12.9. The van der Waals surface area contributed by atoms with Gasteiger partial charge in [0.2, 0.25) is 5.88 Å². The average Bonchev–Trinajstić information content (AvgIpc) is 3.36. The van der Waals surface area contributed by atoms with Gasteiger partial charge in [0.25, 0.3) is 0 Å². The molecule has 0 spiro atoms. The number of pyridine rings is 1. The third-order valence-corrected chi connectivity index (χ3v) is 6.43. The lowest BCUT2D eigenvalue weighted by molar-refractivity contribution is -0.157. The zero-order chi connectivity index (χ0) is 29.2. The fourth-order valence-corrected chi connectivity index (χ4v) is 4.49. The highest BCUT2D eigenvalue weighted by molar-refractivity contribution is 6.35. The van der Waals surface area contributed by atoms with Crippen molar-refractivity contribution >= 4 is 28.5 Å². The van der Waals surface area contributed by atoms with Crippen LogP contribution in [0.5, 0.6) is 11.6 Å². The summed E-state index contributed by atoms with van der Waals surface area (Å²) in [6, 6.07) is 13.0. The van der Waals surface area contributed by atoms with Crippen LogP contribution in [0.1, 0.15) is 57.4 Å². The number of carbonyl (C=O) groups is 1. The summed E-state index contributed by atoms with van der Waals surface area (Å²) in [5.74, 6) is -0.431. The molecule has 0 fully saturated rings. The van der Waals surface area contributed by atoms with E-state index in [0.29, 0.717) is 22.3 Å². The van der Waals surface area contributed by atoms with Crippen LogP contribution < -0.4 is 9.47 Å². The maximum absolute atomic E-state index is 13.4. The average molecular weight is 572 g/mol. The molecule has 0 bridgehead atoms. The van der Waals surface area contributed by atoms with Crippen LogP contribution in [-0.4, -0.2) is 39.6 Å². The maximum Gasteiger partial charge on any atom is 0.388 e. The molecule has 4 rings (SSSR count). The molecule has 2 heterocycles. The fourth-order valence-electron chi connectivity index (χ4n) is 4.29. The fraction of sp³-hybridized carbons (Fsp3) is 0.367. The highest BCUT2D eigenvalue weighted by Gasteiger charge is 2.22. The monoisotopic (exact) mass is 571 g/mol. The van der Waals surface area contributed by atoms with E-state index in [4.69, 9.17) is 25.8 Å². The van der Waals surface area contributed by atoms with Crippen LogP contribution in [0.4, 0.5) is 8.78 Å². The first-order valence-corrected chi connectivity index (χ1v) is 13.3. The second-order valence-electron chi connectivity index (χ2n) is 10.7. The molecule has 2 aromatic carbocycles. The van der Waals surface area contributed by atoms with E-state index in [1.807, 2.05) is 41.2 Å². The summed E-state index contributed by atoms with van der Waals surface area (Å²) in [5, 5.41) is 5.34. The molecule has 0 saturated carbocycles. The Morgan fingerprint density at radius 2 is 1.77 bits per heavy atom. The number of fused-ring (bicyclic) bond motifs is 1. The summed E-state index contributed by atoms with van der Waals surface area (Å²) in [5.41, 5.74) is 3.25. The Bertz CT molecular complexity index is 1510. The number of hydrogen-bond acceptors (Lipinski definition) is 6. The third-order valence-electron chi connectivity index (χ3n) is 6.12. The van der Waals surface area contributed by atoms with Crippen LogP contribution in [0.15, 0.2) is 48.7 Å². The second kappa shape index (κ2) is 11.8. The van der Waals surface area contributed by atoms with E-state index in [1.54, 1.807) is 33.8 Å². The van der Waals surface area contributed by atoms with E-state index in [1.165, 1.54) is 6.07 Å². The molecule has 10 heteroatoms. The molecule has 0 aliphatic heterocycles. The molecule has 212 valence electrons. The maximum atomic E-state index is 13.4. The number of hydrogen-bond donors (Lipinski definition) is 0. The van der Waals surface area contributed by atoms with Crippen LogP contribution in [0.3, 0.4) is 0 Å². The lowest BCUT2D eigenvalue weighted by Crippen LogP contribution is -2.27. The lowest BCUT2D eigenvalue weighted by atomic mass is 9.97. The van der Waals surface area contributed by atoms with E-state index in [0.717, 1.165) is 16.8 Å². The van der Waals surface area contributed by atoms with Crippen molar-refractivity contribution in [1.82, 2.24) is 14.8 Å². The highest BCUT2D eigenvalue weighted by atomic mass is 35.5. The summed E-state index contributed by atoms with van der Waals surface area (Å²) in [7, 11) is 0. The Balaban J connectivity index is 1.70. The van der Waals surface area contributed by atoms with Crippen LogP contribution in [0, 0.1) is 6.92 Å². The summed E-state index contributed by atoms with van der Waals surface area (Å²) in [6.45, 7) is 7.74. The molecule has 0 unspecified atom stereocenters. The number of aromatic nitrogens is 3. The lowest BCUT2D eigenvalue weighted by Gasteiger charge is -2.20. The molecule has 0 aliphatic carbocycles. The number of benzene rings is 2. The Hall–Kier alpha value is -3.72. The summed E-state index contributed by atoms with van der Waals surface area (Å²) in [6.07, 6.45) is 2.19. The van der Waals surface area contributed by atoms with Crippen molar-refractivity contribution in [1.29, 1.82) is 0 Å². The van der Waals surface area contributed by atoms with Crippen molar-refractivity contribution in [2.24, 2.45) is 0 Å². The van der Waals surface area contributed by atoms with Gasteiger partial charge in [0.15, 0.2) is 6.61 Å². The van der Waals surface area contributed by atoms with E-state index < -0.39 is 18.2 Å². The van der Waals surface area contributed by atoms with Gasteiger partial charge >= 0.3 is 12.6 Å². The van der Waals surface area contributed by atoms with Gasteiger partial charge in [-0.2, -0.15) is 13.9 Å². The number of rotatable bonds is 9. The Kier molecular flexibility index (Phi) is 8.63. The van der Waals surface area contributed by atoms with Crippen molar-refractivity contribution in [3.63, 3.8) is 0 Å². The van der Waals surface area contributed by atoms with Crippen LogP contribution in [-0.2, 0) is 16.0 Å². The van der Waals surface area contributed by atoms with Crippen LogP contribution in [0.25, 0.3) is 22.2 Å². The van der Waals surface area contributed by atoms with Gasteiger partial charge in [-0.1, -0.05) is 35.9 Å². The molecule has 4 aromatic rings. The zero-order valence-corrected chi connectivity index (χ0v) is 24.1. The largest absolute Gasteiger partial charge is 0.481 e. The number of alkyl halides is 2. The summed E-state index contributed by atoms with van der Waals surface area (Å²) < 4.78 is 44.7. The van der Waals surface area contributed by atoms with E-state index in [-0.39, 0.29) is 35.5 Å². The minimum Gasteiger partial charge on any atom is -0.481 e. The second-order valence-corrected chi connectivity index (χ2v) is 11.1. The molecular formula is C30H32ClF2N3O4. The SMILES string of the molecule is Cc1c(Cc2ccc(-c3ccn(C(C)C)n3)cc2)c(OC(F)F)nc2c(Cl)ccc(OCC(=O)OC(C)(C)C)c12. The van der Waals surface area contributed by atoms with E-state index >= 15 is 0 Å². The Labute approximate surface area is 237 Å². The van der Waals surface area contributed by atoms with Gasteiger partial charge in [-0.3, -0.25) is 4.68 Å². The molecule has 0 amide bonds.